The molecule has 1 aromatic rings. The lowest BCUT2D eigenvalue weighted by molar-refractivity contribution is 0.646. The van der Waals surface area contributed by atoms with Crippen LogP contribution in [0.25, 0.3) is 0 Å². The Morgan fingerprint density at radius 3 is 2.53 bits per heavy atom. The molecule has 0 unspecified atom stereocenters. The predicted octanol–water partition coefficient (Wildman–Crippen LogP) is 1.02. The predicted molar refractivity (Wildman–Crippen MR) is 61.5 cm³/mol. The first-order valence-corrected chi connectivity index (χ1v) is 5.29. The van der Waals surface area contributed by atoms with Crippen molar-refractivity contribution in [3.63, 3.8) is 0 Å². The van der Waals surface area contributed by atoms with Gasteiger partial charge in [-0.25, -0.2) is 0 Å². The molecule has 5 nitrogen and oxygen atoms in total. The average Bonchev–Trinajstić information content (AvgIpc) is 2.67. The highest BCUT2D eigenvalue weighted by atomic mass is 15.2. The summed E-state index contributed by atoms with van der Waals surface area (Å²) in [4.78, 5) is 10.2. The first-order chi connectivity index (χ1) is 7.16. The Hall–Kier alpha value is -1.52. The van der Waals surface area contributed by atoms with Gasteiger partial charge >= 0.3 is 0 Å². The van der Waals surface area contributed by atoms with E-state index in [1.54, 1.807) is 6.07 Å². The van der Waals surface area contributed by atoms with Gasteiger partial charge in [0.15, 0.2) is 0 Å². The molecule has 2 rings (SSSR count). The fourth-order valence-electron chi connectivity index (χ4n) is 2.13. The highest BCUT2D eigenvalue weighted by Gasteiger charge is 2.21. The Morgan fingerprint density at radius 1 is 1.27 bits per heavy atom. The van der Waals surface area contributed by atoms with Crippen molar-refractivity contribution in [2.75, 3.05) is 23.4 Å². The van der Waals surface area contributed by atoms with Crippen LogP contribution in [0, 0.1) is 0 Å². The van der Waals surface area contributed by atoms with Crippen LogP contribution in [0.5, 0.6) is 0 Å². The second-order valence-electron chi connectivity index (χ2n) is 4.06. The molecule has 15 heavy (non-hydrogen) atoms. The number of anilines is 3. The van der Waals surface area contributed by atoms with E-state index in [4.69, 9.17) is 11.5 Å². The molecule has 0 spiro atoms. The van der Waals surface area contributed by atoms with Crippen LogP contribution in [-0.2, 0) is 0 Å². The second kappa shape index (κ2) is 3.92. The van der Waals surface area contributed by atoms with Crippen molar-refractivity contribution in [1.82, 2.24) is 9.97 Å². The van der Waals surface area contributed by atoms with Crippen molar-refractivity contribution >= 4 is 17.6 Å². The van der Waals surface area contributed by atoms with E-state index >= 15 is 0 Å². The minimum absolute atomic E-state index is 0.245. The second-order valence-corrected chi connectivity index (χ2v) is 4.06. The van der Waals surface area contributed by atoms with Crippen LogP contribution in [0.2, 0.25) is 0 Å². The van der Waals surface area contributed by atoms with Crippen molar-refractivity contribution in [3.05, 3.63) is 6.07 Å². The molecular weight excluding hydrogens is 190 g/mol. The molecule has 0 radical (unpaired) electrons. The summed E-state index contributed by atoms with van der Waals surface area (Å²) in [5.74, 6) is 1.50. The maximum Gasteiger partial charge on any atom is 0.223 e. The molecule has 4 N–H and O–H groups in total. The summed E-state index contributed by atoms with van der Waals surface area (Å²) in [6.07, 6.45) is 5.04. The first-order valence-electron chi connectivity index (χ1n) is 5.29. The minimum Gasteiger partial charge on any atom is -0.383 e. The van der Waals surface area contributed by atoms with Gasteiger partial charge < -0.3 is 16.4 Å². The monoisotopic (exact) mass is 207 g/mol. The normalized spacial score (nSPS) is 16.9. The standard InChI is InChI=1S/C10H17N5/c1-15(7-4-2-3-5-7)9-6-8(11)13-10(12)14-9/h6-7H,2-5H2,1H3,(H4,11,12,13,14). The molecule has 0 bridgehead atoms. The summed E-state index contributed by atoms with van der Waals surface area (Å²) in [6.45, 7) is 0. The molecule has 1 aliphatic rings. The fraction of sp³-hybridized carbons (Fsp3) is 0.600. The zero-order valence-electron chi connectivity index (χ0n) is 8.98. The third kappa shape index (κ3) is 2.11. The van der Waals surface area contributed by atoms with E-state index in [0.29, 0.717) is 11.9 Å². The summed E-state index contributed by atoms with van der Waals surface area (Å²) in [7, 11) is 2.04. The van der Waals surface area contributed by atoms with E-state index in [0.717, 1.165) is 5.82 Å². The molecule has 1 aromatic heterocycles. The maximum absolute atomic E-state index is 5.64. The molecule has 1 aliphatic carbocycles. The van der Waals surface area contributed by atoms with Gasteiger partial charge in [0.1, 0.15) is 11.6 Å². The van der Waals surface area contributed by atoms with Gasteiger partial charge in [-0.1, -0.05) is 12.8 Å². The lowest BCUT2D eigenvalue weighted by Gasteiger charge is -2.25. The summed E-state index contributed by atoms with van der Waals surface area (Å²) in [5.41, 5.74) is 11.2. The topological polar surface area (TPSA) is 81.1 Å². The number of nitrogen functional groups attached to an aromatic ring is 2. The van der Waals surface area contributed by atoms with E-state index in [-0.39, 0.29) is 5.95 Å². The molecule has 0 amide bonds. The Kier molecular flexibility index (Phi) is 2.62. The van der Waals surface area contributed by atoms with Crippen LogP contribution >= 0.6 is 0 Å². The summed E-state index contributed by atoms with van der Waals surface area (Å²) in [5, 5.41) is 0. The SMILES string of the molecule is CN(c1cc(N)nc(N)n1)C1CCCC1. The third-order valence-electron chi connectivity index (χ3n) is 2.98. The fourth-order valence-corrected chi connectivity index (χ4v) is 2.13. The summed E-state index contributed by atoms with van der Waals surface area (Å²) >= 11 is 0. The third-order valence-corrected chi connectivity index (χ3v) is 2.98. The van der Waals surface area contributed by atoms with E-state index in [9.17, 15) is 0 Å². The maximum atomic E-state index is 5.64. The summed E-state index contributed by atoms with van der Waals surface area (Å²) in [6, 6.07) is 2.34. The van der Waals surface area contributed by atoms with Gasteiger partial charge in [-0.15, -0.1) is 0 Å². The van der Waals surface area contributed by atoms with Crippen molar-refractivity contribution in [2.45, 2.75) is 31.7 Å². The summed E-state index contributed by atoms with van der Waals surface area (Å²) < 4.78 is 0. The van der Waals surface area contributed by atoms with Crippen molar-refractivity contribution in [2.24, 2.45) is 0 Å². The number of hydrogen-bond donors (Lipinski definition) is 2. The lowest BCUT2D eigenvalue weighted by atomic mass is 10.2. The molecule has 1 fully saturated rings. The molecular formula is C10H17N5. The van der Waals surface area contributed by atoms with Crippen LogP contribution < -0.4 is 16.4 Å². The number of nitrogens with zero attached hydrogens (tertiary/aromatic N) is 3. The zero-order chi connectivity index (χ0) is 10.8. The first kappa shape index (κ1) is 10.0. The number of rotatable bonds is 2. The van der Waals surface area contributed by atoms with E-state index in [1.165, 1.54) is 25.7 Å². The van der Waals surface area contributed by atoms with E-state index in [2.05, 4.69) is 14.9 Å². The van der Waals surface area contributed by atoms with Crippen LogP contribution in [0.1, 0.15) is 25.7 Å². The quantitative estimate of drug-likeness (QED) is 0.756. The Labute approximate surface area is 89.5 Å². The lowest BCUT2D eigenvalue weighted by Crippen LogP contribution is -2.29. The largest absolute Gasteiger partial charge is 0.383 e. The highest BCUT2D eigenvalue weighted by molar-refractivity contribution is 5.50. The molecule has 0 atom stereocenters. The Bertz CT molecular complexity index is 325. The van der Waals surface area contributed by atoms with Gasteiger partial charge in [-0.05, 0) is 12.8 Å². The zero-order valence-corrected chi connectivity index (χ0v) is 8.98. The van der Waals surface area contributed by atoms with Gasteiger partial charge in [0, 0.05) is 19.2 Å². The molecule has 0 aromatic carbocycles. The minimum atomic E-state index is 0.245. The van der Waals surface area contributed by atoms with Crippen LogP contribution in [-0.4, -0.2) is 23.1 Å². The highest BCUT2D eigenvalue weighted by Crippen LogP contribution is 2.26. The van der Waals surface area contributed by atoms with Gasteiger partial charge in [-0.3, -0.25) is 0 Å². The number of nitrogens with two attached hydrogens (primary N) is 2. The van der Waals surface area contributed by atoms with Gasteiger partial charge in [0.25, 0.3) is 0 Å². The van der Waals surface area contributed by atoms with Gasteiger partial charge in [-0.2, -0.15) is 9.97 Å². The van der Waals surface area contributed by atoms with E-state index in [1.807, 2.05) is 7.05 Å². The molecule has 0 saturated heterocycles. The molecule has 82 valence electrons. The van der Waals surface area contributed by atoms with Crippen molar-refractivity contribution < 1.29 is 0 Å². The van der Waals surface area contributed by atoms with E-state index < -0.39 is 0 Å². The van der Waals surface area contributed by atoms with Gasteiger partial charge in [0.2, 0.25) is 5.95 Å². The number of hydrogen-bond acceptors (Lipinski definition) is 5. The Balaban J connectivity index is 2.20. The average molecular weight is 207 g/mol. The van der Waals surface area contributed by atoms with Crippen molar-refractivity contribution in [3.8, 4) is 0 Å². The molecule has 5 heteroatoms. The Morgan fingerprint density at radius 2 is 1.93 bits per heavy atom. The molecule has 1 heterocycles. The van der Waals surface area contributed by atoms with Crippen LogP contribution in [0.4, 0.5) is 17.6 Å². The number of aromatic nitrogens is 2. The molecule has 1 saturated carbocycles. The molecule has 0 aliphatic heterocycles. The van der Waals surface area contributed by atoms with Crippen LogP contribution in [0.15, 0.2) is 6.07 Å². The smallest absolute Gasteiger partial charge is 0.223 e. The van der Waals surface area contributed by atoms with Gasteiger partial charge in [0.05, 0.1) is 0 Å². The van der Waals surface area contributed by atoms with Crippen molar-refractivity contribution in [1.29, 1.82) is 0 Å². The van der Waals surface area contributed by atoms with Crippen LogP contribution in [0.3, 0.4) is 0 Å².